The smallest absolute Gasteiger partial charge is 0.253 e. The number of amides is 3. The van der Waals surface area contributed by atoms with Crippen LogP contribution in [0.15, 0.2) is 6.33 Å². The molecule has 194 valence electrons. The molecule has 0 saturated carbocycles. The lowest BCUT2D eigenvalue weighted by molar-refractivity contribution is -0.166. The van der Waals surface area contributed by atoms with Gasteiger partial charge in [0.05, 0.1) is 6.04 Å². The molecule has 1 aliphatic heterocycles. The summed E-state index contributed by atoms with van der Waals surface area (Å²) >= 11 is 0. The lowest BCUT2D eigenvalue weighted by Crippen LogP contribution is -2.64. The van der Waals surface area contributed by atoms with Crippen LogP contribution in [0.25, 0.3) is 0 Å². The van der Waals surface area contributed by atoms with Gasteiger partial charge in [-0.25, -0.2) is 4.90 Å². The summed E-state index contributed by atoms with van der Waals surface area (Å²) in [7, 11) is 0. The van der Waals surface area contributed by atoms with Gasteiger partial charge in [0, 0.05) is 19.4 Å². The van der Waals surface area contributed by atoms with E-state index in [1.807, 2.05) is 13.8 Å². The van der Waals surface area contributed by atoms with Crippen LogP contribution in [0.1, 0.15) is 59.3 Å². The third-order valence-electron chi connectivity index (χ3n) is 5.80. The number of nitrogens with zero attached hydrogens (tertiary/aromatic N) is 5. The lowest BCUT2D eigenvalue weighted by Gasteiger charge is -2.39. The molecule has 1 fully saturated rings. The normalized spacial score (nSPS) is 17.9. The van der Waals surface area contributed by atoms with E-state index in [0.717, 1.165) is 22.4 Å². The van der Waals surface area contributed by atoms with E-state index < -0.39 is 29.6 Å². The van der Waals surface area contributed by atoms with Crippen molar-refractivity contribution in [1.82, 2.24) is 41.1 Å². The summed E-state index contributed by atoms with van der Waals surface area (Å²) in [5.41, 5.74) is 3.41. The number of carbonyl (C=O) groups is 4. The Hall–Kier alpha value is -3.42. The number of nitrogens with two attached hydrogens (primary N) is 1. The number of hydrogen-bond acceptors (Lipinski definition) is 9. The average molecular weight is 493 g/mol. The second-order valence-electron chi connectivity index (χ2n) is 9.05. The second kappa shape index (κ2) is 12.9. The number of hydrogen-bond donors (Lipinski definition) is 5. The van der Waals surface area contributed by atoms with Crippen LogP contribution in [-0.4, -0.2) is 80.2 Å². The Kier molecular flexibility index (Phi) is 10.2. The number of imide groups is 1. The molecule has 35 heavy (non-hydrogen) atoms. The predicted octanol–water partition coefficient (Wildman–Crippen LogP) is -1.16. The molecule has 0 spiro atoms. The van der Waals surface area contributed by atoms with E-state index in [4.69, 9.17) is 11.1 Å². The van der Waals surface area contributed by atoms with Crippen molar-refractivity contribution in [3.8, 4) is 0 Å². The molecular weight excluding hydrogens is 456 g/mol. The third kappa shape index (κ3) is 7.28. The fourth-order valence-electron chi connectivity index (χ4n) is 3.91. The Morgan fingerprint density at radius 3 is 2.66 bits per heavy atom. The highest BCUT2D eigenvalue weighted by atomic mass is 16.2. The van der Waals surface area contributed by atoms with Gasteiger partial charge in [0.1, 0.15) is 6.04 Å². The summed E-state index contributed by atoms with van der Waals surface area (Å²) in [6.45, 7) is 6.25. The first-order chi connectivity index (χ1) is 16.6. The summed E-state index contributed by atoms with van der Waals surface area (Å²) in [6.07, 6.45) is 3.82. The van der Waals surface area contributed by atoms with Gasteiger partial charge in [0.2, 0.25) is 17.5 Å². The highest BCUT2D eigenvalue weighted by Gasteiger charge is 2.50. The van der Waals surface area contributed by atoms with E-state index in [1.165, 1.54) is 6.92 Å². The van der Waals surface area contributed by atoms with Crippen LogP contribution in [0.4, 0.5) is 0 Å². The van der Waals surface area contributed by atoms with Gasteiger partial charge in [0.15, 0.2) is 18.6 Å². The number of guanidine groups is 1. The van der Waals surface area contributed by atoms with Gasteiger partial charge in [0.25, 0.3) is 5.91 Å². The van der Waals surface area contributed by atoms with Crippen molar-refractivity contribution >= 4 is 30.0 Å². The number of nitrogens with one attached hydrogen (secondary N) is 4. The molecule has 3 amide bonds. The Balaban J connectivity index is 2.41. The quantitative estimate of drug-likeness (QED) is 0.0967. The van der Waals surface area contributed by atoms with Gasteiger partial charge in [-0.05, 0) is 50.3 Å². The van der Waals surface area contributed by atoms with E-state index in [-0.39, 0.29) is 37.7 Å². The fraction of sp³-hybridized carbons (Fsp3) is 0.714. The van der Waals surface area contributed by atoms with E-state index in [0.29, 0.717) is 31.6 Å². The number of tetrazole rings is 1. The molecule has 14 heteroatoms. The van der Waals surface area contributed by atoms with E-state index in [9.17, 15) is 19.2 Å². The van der Waals surface area contributed by atoms with Crippen LogP contribution >= 0.6 is 0 Å². The molecule has 2 heterocycles. The van der Waals surface area contributed by atoms with Gasteiger partial charge < -0.3 is 21.7 Å². The molecule has 6 N–H and O–H groups in total. The Morgan fingerprint density at radius 1 is 1.37 bits per heavy atom. The monoisotopic (exact) mass is 492 g/mol. The molecular formula is C21H36N10O4. The van der Waals surface area contributed by atoms with Gasteiger partial charge in [-0.1, -0.05) is 13.8 Å². The number of carbonyl (C=O) groups excluding carboxylic acids is 4. The van der Waals surface area contributed by atoms with Gasteiger partial charge in [-0.15, -0.1) is 15.0 Å². The summed E-state index contributed by atoms with van der Waals surface area (Å²) < 4.78 is 0. The zero-order valence-corrected chi connectivity index (χ0v) is 20.5. The van der Waals surface area contributed by atoms with Crippen molar-refractivity contribution < 1.29 is 19.2 Å². The molecule has 0 aromatic carbocycles. The van der Waals surface area contributed by atoms with E-state index in [2.05, 4.69) is 31.4 Å². The number of rotatable bonds is 13. The second-order valence-corrected chi connectivity index (χ2v) is 9.05. The first-order valence-corrected chi connectivity index (χ1v) is 11.8. The first-order valence-electron chi connectivity index (χ1n) is 11.8. The van der Waals surface area contributed by atoms with Crippen LogP contribution in [0.5, 0.6) is 0 Å². The maximum atomic E-state index is 13.7. The minimum Gasteiger partial charge on any atom is -0.370 e. The van der Waals surface area contributed by atoms with Crippen molar-refractivity contribution in [2.75, 3.05) is 13.1 Å². The molecule has 14 nitrogen and oxygen atoms in total. The predicted molar refractivity (Wildman–Crippen MR) is 126 cm³/mol. The fourth-order valence-corrected chi connectivity index (χ4v) is 3.91. The Labute approximate surface area is 204 Å². The molecule has 1 aromatic rings. The molecule has 0 aliphatic carbocycles. The summed E-state index contributed by atoms with van der Waals surface area (Å²) in [6, 6.07) is -1.76. The standard InChI is InChI=1S/C21H36N10O4/c1-14(2)7-8-17(33)28-15(3)18(34)30(19(35)16-6-4-10-24-16)21(12-32,31-27-13-26-29-31)9-5-11-25-20(22)23/h12-16,24H,4-11H2,1-3H3,(H,28,33)(H4,22,23,25)/t15?,16-,21+/m0/s1. The lowest BCUT2D eigenvalue weighted by atomic mass is 10.00. The SMILES string of the molecule is CC(C)CCC(=O)NC(C)C(=O)N(C(=O)[C@@H]1CCCN1)[C@](C=O)(CCCNC(=N)N)n1ncnn1. The van der Waals surface area contributed by atoms with E-state index >= 15 is 0 Å². The Bertz CT molecular complexity index is 885. The molecule has 1 unspecified atom stereocenters. The van der Waals surface area contributed by atoms with Crippen LogP contribution in [0, 0.1) is 11.3 Å². The van der Waals surface area contributed by atoms with Crippen molar-refractivity contribution in [3.63, 3.8) is 0 Å². The molecule has 1 aliphatic rings. The van der Waals surface area contributed by atoms with Crippen molar-refractivity contribution in [2.24, 2.45) is 11.7 Å². The molecule has 0 bridgehead atoms. The van der Waals surface area contributed by atoms with Gasteiger partial charge in [-0.3, -0.25) is 24.6 Å². The van der Waals surface area contributed by atoms with Crippen LogP contribution in [0.3, 0.4) is 0 Å². The zero-order chi connectivity index (χ0) is 26.0. The maximum absolute atomic E-state index is 13.7. The summed E-state index contributed by atoms with van der Waals surface area (Å²) in [5.74, 6) is -1.64. The van der Waals surface area contributed by atoms with Crippen LogP contribution in [-0.2, 0) is 24.8 Å². The van der Waals surface area contributed by atoms with Gasteiger partial charge in [-0.2, -0.15) is 0 Å². The van der Waals surface area contributed by atoms with Gasteiger partial charge >= 0.3 is 0 Å². The Morgan fingerprint density at radius 2 is 2.11 bits per heavy atom. The first kappa shape index (κ1) is 27.8. The number of aromatic nitrogens is 4. The molecule has 1 aromatic heterocycles. The molecule has 3 atom stereocenters. The highest BCUT2D eigenvalue weighted by molar-refractivity contribution is 6.03. The molecule has 2 rings (SSSR count). The topological polar surface area (TPSA) is 201 Å². The zero-order valence-electron chi connectivity index (χ0n) is 20.5. The number of aldehydes is 1. The largest absolute Gasteiger partial charge is 0.370 e. The van der Waals surface area contributed by atoms with Crippen molar-refractivity contribution in [2.45, 2.75) is 77.0 Å². The van der Waals surface area contributed by atoms with Crippen LogP contribution < -0.4 is 21.7 Å². The highest BCUT2D eigenvalue weighted by Crippen LogP contribution is 2.27. The summed E-state index contributed by atoms with van der Waals surface area (Å²) in [4.78, 5) is 54.2. The minimum atomic E-state index is -1.93. The van der Waals surface area contributed by atoms with Crippen molar-refractivity contribution in [3.05, 3.63) is 6.33 Å². The summed E-state index contributed by atoms with van der Waals surface area (Å²) in [5, 5.41) is 27.1. The minimum absolute atomic E-state index is 0.0641. The molecule has 1 saturated heterocycles. The van der Waals surface area contributed by atoms with E-state index in [1.54, 1.807) is 0 Å². The maximum Gasteiger partial charge on any atom is 0.253 e. The third-order valence-corrected chi connectivity index (χ3v) is 5.80. The molecule has 0 radical (unpaired) electrons. The van der Waals surface area contributed by atoms with Crippen molar-refractivity contribution in [1.29, 1.82) is 5.41 Å². The average Bonchev–Trinajstić information content (AvgIpc) is 3.53. The van der Waals surface area contributed by atoms with Crippen LogP contribution in [0.2, 0.25) is 0 Å².